The topological polar surface area (TPSA) is 18.8 Å². The van der Waals surface area contributed by atoms with Crippen molar-refractivity contribution in [1.29, 1.82) is 0 Å². The van der Waals surface area contributed by atoms with Crippen LogP contribution in [-0.2, 0) is 5.41 Å². The molecule has 0 spiro atoms. The molecule has 5 rings (SSSR count). The SMILES string of the molecule is C1=NCC2(c3ccc(N4CCN5CCCC5C4)cc3)CC12. The highest BCUT2D eigenvalue weighted by molar-refractivity contribution is 5.73. The molecule has 3 atom stereocenters. The summed E-state index contributed by atoms with van der Waals surface area (Å²) in [6, 6.07) is 10.2. The highest BCUT2D eigenvalue weighted by atomic mass is 15.3. The first-order valence-corrected chi connectivity index (χ1v) is 8.45. The van der Waals surface area contributed by atoms with Crippen molar-refractivity contribution < 1.29 is 0 Å². The number of hydrogen-bond acceptors (Lipinski definition) is 3. The smallest absolute Gasteiger partial charge is 0.0488 e. The standard InChI is InChI=1S/C18H23N3/c1-2-17-12-21(9-8-20(17)7-1)16-5-3-14(4-6-16)18-10-15(18)11-19-13-18/h3-6,11,15,17H,1-2,7-10,12-13H2. The van der Waals surface area contributed by atoms with Crippen LogP contribution in [0.4, 0.5) is 5.69 Å². The molecule has 3 unspecified atom stereocenters. The molecule has 3 aliphatic heterocycles. The summed E-state index contributed by atoms with van der Waals surface area (Å²) in [7, 11) is 0. The van der Waals surface area contributed by atoms with Gasteiger partial charge in [-0.3, -0.25) is 9.89 Å². The fourth-order valence-electron chi connectivity index (χ4n) is 4.71. The minimum absolute atomic E-state index is 0.392. The van der Waals surface area contributed by atoms with Gasteiger partial charge in [0.1, 0.15) is 0 Å². The Morgan fingerprint density at radius 1 is 1.10 bits per heavy atom. The van der Waals surface area contributed by atoms with Crippen LogP contribution in [0.1, 0.15) is 24.8 Å². The molecule has 3 nitrogen and oxygen atoms in total. The molecule has 1 aliphatic carbocycles. The highest BCUT2D eigenvalue weighted by Crippen LogP contribution is 2.56. The van der Waals surface area contributed by atoms with E-state index in [1.165, 1.54) is 56.7 Å². The van der Waals surface area contributed by atoms with Gasteiger partial charge in [0, 0.05) is 55.5 Å². The number of benzene rings is 1. The molecule has 4 aliphatic rings. The predicted molar refractivity (Wildman–Crippen MR) is 86.4 cm³/mol. The molecule has 21 heavy (non-hydrogen) atoms. The monoisotopic (exact) mass is 281 g/mol. The molecule has 3 fully saturated rings. The van der Waals surface area contributed by atoms with Crippen molar-refractivity contribution in [2.45, 2.75) is 30.7 Å². The van der Waals surface area contributed by atoms with Gasteiger partial charge in [-0.25, -0.2) is 0 Å². The number of nitrogens with zero attached hydrogens (tertiary/aromatic N) is 3. The van der Waals surface area contributed by atoms with Crippen molar-refractivity contribution >= 4 is 11.9 Å². The molecule has 3 heterocycles. The first-order chi connectivity index (χ1) is 10.4. The maximum Gasteiger partial charge on any atom is 0.0488 e. The molecule has 1 saturated carbocycles. The van der Waals surface area contributed by atoms with Crippen LogP contribution in [0.3, 0.4) is 0 Å². The summed E-state index contributed by atoms with van der Waals surface area (Å²) in [5, 5.41) is 0. The van der Waals surface area contributed by atoms with E-state index >= 15 is 0 Å². The van der Waals surface area contributed by atoms with E-state index in [4.69, 9.17) is 0 Å². The average Bonchev–Trinajstić information content (AvgIpc) is 2.90. The van der Waals surface area contributed by atoms with Gasteiger partial charge in [-0.1, -0.05) is 12.1 Å². The molecule has 0 N–H and O–H groups in total. The van der Waals surface area contributed by atoms with Crippen LogP contribution in [0.5, 0.6) is 0 Å². The van der Waals surface area contributed by atoms with E-state index in [1.54, 1.807) is 0 Å². The number of anilines is 1. The summed E-state index contributed by atoms with van der Waals surface area (Å²) in [6.07, 6.45) is 6.27. The van der Waals surface area contributed by atoms with Crippen LogP contribution in [0, 0.1) is 5.92 Å². The highest BCUT2D eigenvalue weighted by Gasteiger charge is 2.56. The normalized spacial score (nSPS) is 37.6. The van der Waals surface area contributed by atoms with E-state index in [2.05, 4.69) is 45.3 Å². The fourth-order valence-corrected chi connectivity index (χ4v) is 4.71. The van der Waals surface area contributed by atoms with E-state index in [0.717, 1.165) is 18.5 Å². The lowest BCUT2D eigenvalue weighted by molar-refractivity contribution is 0.231. The van der Waals surface area contributed by atoms with Crippen molar-refractivity contribution in [3.63, 3.8) is 0 Å². The Morgan fingerprint density at radius 3 is 2.76 bits per heavy atom. The van der Waals surface area contributed by atoms with Crippen LogP contribution in [-0.4, -0.2) is 49.9 Å². The average molecular weight is 281 g/mol. The zero-order valence-electron chi connectivity index (χ0n) is 12.5. The zero-order valence-corrected chi connectivity index (χ0v) is 12.5. The van der Waals surface area contributed by atoms with Gasteiger partial charge >= 0.3 is 0 Å². The molecule has 1 aromatic carbocycles. The molecule has 2 saturated heterocycles. The van der Waals surface area contributed by atoms with E-state index in [0.29, 0.717) is 5.41 Å². The Hall–Kier alpha value is -1.35. The second kappa shape index (κ2) is 4.33. The molecule has 110 valence electrons. The molecule has 0 bridgehead atoms. The van der Waals surface area contributed by atoms with Crippen molar-refractivity contribution in [3.05, 3.63) is 29.8 Å². The Balaban J connectivity index is 1.34. The van der Waals surface area contributed by atoms with Crippen molar-refractivity contribution in [2.24, 2.45) is 10.9 Å². The summed E-state index contributed by atoms with van der Waals surface area (Å²) in [5.74, 6) is 0.727. The van der Waals surface area contributed by atoms with Gasteiger partial charge in [0.2, 0.25) is 0 Å². The quantitative estimate of drug-likeness (QED) is 0.828. The summed E-state index contributed by atoms with van der Waals surface area (Å²) in [5.41, 5.74) is 3.31. The molecule has 0 amide bonds. The van der Waals surface area contributed by atoms with Gasteiger partial charge < -0.3 is 4.90 Å². The second-order valence-electron chi connectivity index (χ2n) is 7.28. The molecule has 0 aromatic heterocycles. The fraction of sp³-hybridized carbons (Fsp3) is 0.611. The van der Waals surface area contributed by atoms with Crippen LogP contribution in [0.2, 0.25) is 0 Å². The van der Waals surface area contributed by atoms with E-state index in [9.17, 15) is 0 Å². The second-order valence-corrected chi connectivity index (χ2v) is 7.28. The Labute approximate surface area is 126 Å². The molecule has 1 aromatic rings. The van der Waals surface area contributed by atoms with Crippen LogP contribution < -0.4 is 4.90 Å². The molecular weight excluding hydrogens is 258 g/mol. The predicted octanol–water partition coefficient (Wildman–Crippen LogP) is 2.31. The van der Waals surface area contributed by atoms with Gasteiger partial charge in [0.25, 0.3) is 0 Å². The van der Waals surface area contributed by atoms with Gasteiger partial charge in [-0.2, -0.15) is 0 Å². The lowest BCUT2D eigenvalue weighted by Gasteiger charge is -2.39. The maximum absolute atomic E-state index is 4.47. The third-order valence-electron chi connectivity index (χ3n) is 6.19. The number of fused-ring (bicyclic) bond motifs is 2. The van der Waals surface area contributed by atoms with Crippen molar-refractivity contribution in [1.82, 2.24) is 4.90 Å². The number of aliphatic imine (C=N–C) groups is 1. The molecular formula is C18H23N3. The minimum Gasteiger partial charge on any atom is -0.369 e. The summed E-state index contributed by atoms with van der Waals surface area (Å²) in [4.78, 5) is 9.73. The van der Waals surface area contributed by atoms with Crippen LogP contribution in [0.15, 0.2) is 29.3 Å². The van der Waals surface area contributed by atoms with Crippen molar-refractivity contribution in [3.8, 4) is 0 Å². The third-order valence-corrected chi connectivity index (χ3v) is 6.19. The minimum atomic E-state index is 0.392. The summed E-state index contributed by atoms with van der Waals surface area (Å²) >= 11 is 0. The van der Waals surface area contributed by atoms with Gasteiger partial charge in [0.05, 0.1) is 0 Å². The molecule has 3 heteroatoms. The lowest BCUT2D eigenvalue weighted by atomic mass is 9.94. The lowest BCUT2D eigenvalue weighted by Crippen LogP contribution is -2.50. The Morgan fingerprint density at radius 2 is 2.00 bits per heavy atom. The molecule has 0 radical (unpaired) electrons. The van der Waals surface area contributed by atoms with E-state index in [1.807, 2.05) is 0 Å². The summed E-state index contributed by atoms with van der Waals surface area (Å²) in [6.45, 7) is 5.98. The first kappa shape index (κ1) is 12.2. The van der Waals surface area contributed by atoms with Gasteiger partial charge in [0.15, 0.2) is 0 Å². The van der Waals surface area contributed by atoms with E-state index < -0.39 is 0 Å². The van der Waals surface area contributed by atoms with Gasteiger partial charge in [-0.05, 0) is 43.5 Å². The number of hydrogen-bond donors (Lipinski definition) is 0. The largest absolute Gasteiger partial charge is 0.369 e. The van der Waals surface area contributed by atoms with Crippen LogP contribution in [0.25, 0.3) is 0 Å². The first-order valence-electron chi connectivity index (χ1n) is 8.45. The number of rotatable bonds is 2. The van der Waals surface area contributed by atoms with Crippen molar-refractivity contribution in [2.75, 3.05) is 37.6 Å². The van der Waals surface area contributed by atoms with Gasteiger partial charge in [-0.15, -0.1) is 0 Å². The third kappa shape index (κ3) is 1.80. The summed E-state index contributed by atoms with van der Waals surface area (Å²) < 4.78 is 0. The Bertz CT molecular complexity index is 579. The number of piperazine rings is 1. The zero-order chi connectivity index (χ0) is 13.9. The van der Waals surface area contributed by atoms with E-state index in [-0.39, 0.29) is 0 Å². The Kier molecular flexibility index (Phi) is 2.52. The van der Waals surface area contributed by atoms with Crippen LogP contribution >= 0.6 is 0 Å². The maximum atomic E-state index is 4.47.